The lowest BCUT2D eigenvalue weighted by Crippen LogP contribution is -2.27. The van der Waals surface area contributed by atoms with Crippen LogP contribution in [-0.4, -0.2) is 31.1 Å². The smallest absolute Gasteiger partial charge is 0.414 e. The minimum atomic E-state index is -0.361. The highest BCUT2D eigenvalue weighted by molar-refractivity contribution is 5.99. The van der Waals surface area contributed by atoms with Gasteiger partial charge in [-0.1, -0.05) is 13.8 Å². The Labute approximate surface area is 131 Å². The second-order valence-corrected chi connectivity index (χ2v) is 5.32. The highest BCUT2D eigenvalue weighted by Gasteiger charge is 2.31. The van der Waals surface area contributed by atoms with Crippen molar-refractivity contribution < 1.29 is 14.3 Å². The Kier molecular flexibility index (Phi) is 5.55. The van der Waals surface area contributed by atoms with Crippen molar-refractivity contribution in [3.63, 3.8) is 0 Å². The number of carbonyl (C=O) groups excluding carboxylic acids is 2. The lowest BCUT2D eigenvalue weighted by atomic mass is 10.0. The second kappa shape index (κ2) is 7.40. The van der Waals surface area contributed by atoms with Crippen molar-refractivity contribution in [1.29, 1.82) is 0 Å². The van der Waals surface area contributed by atoms with Gasteiger partial charge in [-0.2, -0.15) is 0 Å². The third kappa shape index (κ3) is 3.30. The van der Waals surface area contributed by atoms with E-state index >= 15 is 0 Å². The summed E-state index contributed by atoms with van der Waals surface area (Å²) in [5.41, 5.74) is 8.16. The number of ether oxygens (including phenoxy) is 1. The van der Waals surface area contributed by atoms with E-state index in [0.717, 1.165) is 36.1 Å². The summed E-state index contributed by atoms with van der Waals surface area (Å²) in [6, 6.07) is 5.60. The monoisotopic (exact) mass is 304 g/mol. The topological polar surface area (TPSA) is 72.6 Å². The molecule has 2 N–H and O–H groups in total. The summed E-state index contributed by atoms with van der Waals surface area (Å²) in [6.07, 6.45) is 2.84. The molecule has 0 spiro atoms. The maximum Gasteiger partial charge on any atom is 0.414 e. The Morgan fingerprint density at radius 2 is 1.95 bits per heavy atom. The third-order valence-corrected chi connectivity index (χ3v) is 3.94. The van der Waals surface area contributed by atoms with E-state index in [2.05, 4.69) is 0 Å². The maximum atomic E-state index is 12.0. The first-order chi connectivity index (χ1) is 10.7. The van der Waals surface area contributed by atoms with Gasteiger partial charge in [0.1, 0.15) is 6.10 Å². The van der Waals surface area contributed by atoms with E-state index in [0.29, 0.717) is 19.5 Å². The zero-order valence-corrected chi connectivity index (χ0v) is 13.3. The number of nitrogens with two attached hydrogens (primary N) is 1. The molecule has 0 aromatic heterocycles. The van der Waals surface area contributed by atoms with Gasteiger partial charge in [-0.15, -0.1) is 0 Å². The summed E-state index contributed by atoms with van der Waals surface area (Å²) in [6.45, 7) is 4.80. The van der Waals surface area contributed by atoms with Crippen molar-refractivity contribution in [2.75, 3.05) is 18.0 Å². The SMILES string of the molecule is CC.NCC1CN(c2ccc3c(c2)CCCCC3=O)C(=O)O1. The lowest BCUT2D eigenvalue weighted by Gasteiger charge is -2.15. The molecule has 1 aromatic carbocycles. The fourth-order valence-corrected chi connectivity index (χ4v) is 2.82. The van der Waals surface area contributed by atoms with E-state index in [1.165, 1.54) is 0 Å². The Hall–Kier alpha value is -1.88. The fraction of sp³-hybridized carbons (Fsp3) is 0.529. The number of hydrogen-bond donors (Lipinski definition) is 1. The van der Waals surface area contributed by atoms with Gasteiger partial charge in [0.2, 0.25) is 0 Å². The molecular formula is C17H24N2O3. The number of anilines is 1. The average molecular weight is 304 g/mol. The van der Waals surface area contributed by atoms with Crippen LogP contribution in [0.1, 0.15) is 49.0 Å². The molecule has 1 fully saturated rings. The first kappa shape index (κ1) is 16.5. The number of rotatable bonds is 2. The van der Waals surface area contributed by atoms with E-state index < -0.39 is 0 Å². The van der Waals surface area contributed by atoms with Gasteiger partial charge >= 0.3 is 6.09 Å². The van der Waals surface area contributed by atoms with Crippen molar-refractivity contribution >= 4 is 17.6 Å². The predicted octanol–water partition coefficient (Wildman–Crippen LogP) is 2.91. The van der Waals surface area contributed by atoms with Crippen LogP contribution in [0, 0.1) is 0 Å². The minimum absolute atomic E-state index is 0.202. The van der Waals surface area contributed by atoms with Crippen molar-refractivity contribution in [3.05, 3.63) is 29.3 Å². The number of nitrogens with zero attached hydrogens (tertiary/aromatic N) is 1. The molecule has 1 aliphatic carbocycles. The van der Waals surface area contributed by atoms with Gasteiger partial charge in [-0.3, -0.25) is 9.69 Å². The van der Waals surface area contributed by atoms with Gasteiger partial charge in [0.25, 0.3) is 0 Å². The van der Waals surface area contributed by atoms with Crippen LogP contribution in [0.25, 0.3) is 0 Å². The quantitative estimate of drug-likeness (QED) is 0.853. The van der Waals surface area contributed by atoms with Gasteiger partial charge in [-0.25, -0.2) is 4.79 Å². The number of Topliss-reactive ketones (excluding diaryl/α,β-unsaturated/α-hetero) is 1. The summed E-state index contributed by atoms with van der Waals surface area (Å²) >= 11 is 0. The molecule has 5 heteroatoms. The summed E-state index contributed by atoms with van der Waals surface area (Å²) in [7, 11) is 0. The highest BCUT2D eigenvalue weighted by Crippen LogP contribution is 2.28. The molecule has 1 atom stereocenters. The van der Waals surface area contributed by atoms with E-state index in [1.54, 1.807) is 4.90 Å². The molecule has 1 saturated heterocycles. The van der Waals surface area contributed by atoms with Crippen LogP contribution >= 0.6 is 0 Å². The largest absolute Gasteiger partial charge is 0.443 e. The van der Waals surface area contributed by atoms with Gasteiger partial charge in [-0.05, 0) is 43.0 Å². The second-order valence-electron chi connectivity index (χ2n) is 5.32. The van der Waals surface area contributed by atoms with Crippen LogP contribution in [0.3, 0.4) is 0 Å². The molecule has 1 aromatic rings. The van der Waals surface area contributed by atoms with Crippen molar-refractivity contribution in [1.82, 2.24) is 0 Å². The van der Waals surface area contributed by atoms with Gasteiger partial charge in [0.15, 0.2) is 5.78 Å². The number of ketones is 1. The summed E-state index contributed by atoms with van der Waals surface area (Å²) in [5, 5.41) is 0. The molecule has 0 saturated carbocycles. The number of carbonyl (C=O) groups is 2. The molecule has 3 rings (SSSR count). The van der Waals surface area contributed by atoms with Crippen LogP contribution in [0.4, 0.5) is 10.5 Å². The Morgan fingerprint density at radius 1 is 1.23 bits per heavy atom. The van der Waals surface area contributed by atoms with Crippen molar-refractivity contribution in [2.45, 2.75) is 45.6 Å². The van der Waals surface area contributed by atoms with Crippen LogP contribution in [0.5, 0.6) is 0 Å². The Bertz CT molecular complexity index is 557. The third-order valence-electron chi connectivity index (χ3n) is 3.94. The molecular weight excluding hydrogens is 280 g/mol. The van der Waals surface area contributed by atoms with Crippen molar-refractivity contribution in [2.24, 2.45) is 5.73 Å². The van der Waals surface area contributed by atoms with Crippen LogP contribution in [0.15, 0.2) is 18.2 Å². The number of benzene rings is 1. The standard InChI is InChI=1S/C15H18N2O3.C2H6/c16-8-12-9-17(15(19)20-12)11-5-6-13-10(7-11)3-1-2-4-14(13)18;1-2/h5-7,12H,1-4,8-9,16H2;1-2H3. The average Bonchev–Trinajstić information content (AvgIpc) is 2.84. The maximum absolute atomic E-state index is 12.0. The summed E-state index contributed by atoms with van der Waals surface area (Å²) in [4.78, 5) is 25.4. The molecule has 5 nitrogen and oxygen atoms in total. The predicted molar refractivity (Wildman–Crippen MR) is 86.3 cm³/mol. The summed E-state index contributed by atoms with van der Waals surface area (Å²) in [5.74, 6) is 0.202. The minimum Gasteiger partial charge on any atom is -0.443 e. The Morgan fingerprint density at radius 3 is 2.64 bits per heavy atom. The van der Waals surface area contributed by atoms with Gasteiger partial charge in [0.05, 0.1) is 6.54 Å². The number of aryl methyl sites for hydroxylation is 1. The number of hydrogen-bond acceptors (Lipinski definition) is 4. The zero-order chi connectivity index (χ0) is 16.1. The number of fused-ring (bicyclic) bond motifs is 1. The van der Waals surface area contributed by atoms with Gasteiger partial charge in [0, 0.05) is 24.2 Å². The van der Waals surface area contributed by atoms with Crippen molar-refractivity contribution in [3.8, 4) is 0 Å². The Balaban J connectivity index is 0.000000847. The molecule has 1 aliphatic heterocycles. The highest BCUT2D eigenvalue weighted by atomic mass is 16.6. The molecule has 0 radical (unpaired) electrons. The van der Waals surface area contributed by atoms with Gasteiger partial charge < -0.3 is 10.5 Å². The first-order valence-electron chi connectivity index (χ1n) is 8.03. The first-order valence-corrected chi connectivity index (χ1v) is 8.03. The molecule has 2 aliphatic rings. The molecule has 1 amide bonds. The molecule has 120 valence electrons. The molecule has 1 heterocycles. The van der Waals surface area contributed by atoms with E-state index in [9.17, 15) is 9.59 Å². The molecule has 0 bridgehead atoms. The van der Waals surface area contributed by atoms with E-state index in [-0.39, 0.29) is 18.0 Å². The molecule has 22 heavy (non-hydrogen) atoms. The fourth-order valence-electron chi connectivity index (χ4n) is 2.82. The number of amides is 1. The summed E-state index contributed by atoms with van der Waals surface area (Å²) < 4.78 is 5.16. The lowest BCUT2D eigenvalue weighted by molar-refractivity contribution is 0.0982. The molecule has 1 unspecified atom stereocenters. The van der Waals surface area contributed by atoms with E-state index in [4.69, 9.17) is 10.5 Å². The van der Waals surface area contributed by atoms with Crippen LogP contribution in [-0.2, 0) is 11.2 Å². The normalized spacial score (nSPS) is 20.7. The number of cyclic esters (lactones) is 1. The van der Waals surface area contributed by atoms with Crippen LogP contribution in [0.2, 0.25) is 0 Å². The van der Waals surface area contributed by atoms with E-state index in [1.807, 2.05) is 32.0 Å². The zero-order valence-electron chi connectivity index (χ0n) is 13.3. The van der Waals surface area contributed by atoms with Crippen LogP contribution < -0.4 is 10.6 Å².